The number of nitrogen functional groups attached to an aromatic ring is 1. The van der Waals surface area contributed by atoms with E-state index in [9.17, 15) is 0 Å². The van der Waals surface area contributed by atoms with Gasteiger partial charge < -0.3 is 5.73 Å². The molecular formula is C14H21ClN2. The summed E-state index contributed by atoms with van der Waals surface area (Å²) in [5.74, 6) is 0.929. The minimum Gasteiger partial charge on any atom is -0.399 e. The molecule has 0 bridgehead atoms. The fraction of sp³-hybridized carbons (Fsp3) is 0.571. The molecule has 17 heavy (non-hydrogen) atoms. The number of hydrogen-bond donors (Lipinski definition) is 1. The molecule has 0 amide bonds. The van der Waals surface area contributed by atoms with Crippen molar-refractivity contribution in [2.45, 2.75) is 32.7 Å². The number of rotatable bonds is 6. The average Bonchev–Trinajstić information content (AvgIpc) is 3.00. The third-order valence-corrected chi connectivity index (χ3v) is 3.36. The van der Waals surface area contributed by atoms with E-state index in [1.807, 2.05) is 12.1 Å². The van der Waals surface area contributed by atoms with Gasteiger partial charge in [-0.3, -0.25) is 4.90 Å². The third kappa shape index (κ3) is 4.21. The highest BCUT2D eigenvalue weighted by molar-refractivity contribution is 6.30. The highest BCUT2D eigenvalue weighted by atomic mass is 35.5. The Morgan fingerprint density at radius 3 is 2.71 bits per heavy atom. The van der Waals surface area contributed by atoms with Gasteiger partial charge in [-0.1, -0.05) is 18.5 Å². The molecule has 1 aromatic rings. The number of benzene rings is 1. The maximum atomic E-state index is 6.03. The number of nitrogens with two attached hydrogens (primary N) is 1. The summed E-state index contributed by atoms with van der Waals surface area (Å²) < 4.78 is 0. The first-order valence-electron chi connectivity index (χ1n) is 6.44. The maximum absolute atomic E-state index is 6.03. The van der Waals surface area contributed by atoms with Crippen LogP contribution in [0.3, 0.4) is 0 Å². The van der Waals surface area contributed by atoms with Crippen LogP contribution < -0.4 is 5.73 Å². The summed E-state index contributed by atoms with van der Waals surface area (Å²) in [5, 5.41) is 0.739. The molecular weight excluding hydrogens is 232 g/mol. The molecule has 0 unspecified atom stereocenters. The molecule has 2 nitrogen and oxygen atoms in total. The van der Waals surface area contributed by atoms with Crippen LogP contribution in [0.4, 0.5) is 5.69 Å². The van der Waals surface area contributed by atoms with E-state index >= 15 is 0 Å². The summed E-state index contributed by atoms with van der Waals surface area (Å²) in [7, 11) is 0. The van der Waals surface area contributed by atoms with Gasteiger partial charge in [0.2, 0.25) is 0 Å². The van der Waals surface area contributed by atoms with Gasteiger partial charge in [-0.2, -0.15) is 0 Å². The van der Waals surface area contributed by atoms with Gasteiger partial charge in [-0.25, -0.2) is 0 Å². The minimum atomic E-state index is 0.739. The Labute approximate surface area is 109 Å². The molecule has 0 spiro atoms. The first kappa shape index (κ1) is 12.7. The molecule has 0 saturated heterocycles. The van der Waals surface area contributed by atoms with Crippen LogP contribution in [-0.2, 0) is 6.54 Å². The molecule has 2 rings (SSSR count). The van der Waals surface area contributed by atoms with Gasteiger partial charge in [-0.05, 0) is 55.5 Å². The lowest BCUT2D eigenvalue weighted by Crippen LogP contribution is -2.26. The maximum Gasteiger partial charge on any atom is 0.0429 e. The summed E-state index contributed by atoms with van der Waals surface area (Å²) in [4.78, 5) is 2.52. The first-order chi connectivity index (χ1) is 8.17. The van der Waals surface area contributed by atoms with Crippen molar-refractivity contribution in [3.8, 4) is 0 Å². The van der Waals surface area contributed by atoms with Crippen LogP contribution >= 0.6 is 11.6 Å². The standard InChI is InChI=1S/C14H21ClN2/c1-2-5-17(9-11-3-4-11)10-12-6-13(15)8-14(16)7-12/h6-8,11H,2-5,9-10,16H2,1H3. The third-order valence-electron chi connectivity index (χ3n) is 3.14. The van der Waals surface area contributed by atoms with E-state index in [1.165, 1.54) is 31.4 Å². The van der Waals surface area contributed by atoms with Gasteiger partial charge in [0.25, 0.3) is 0 Å². The van der Waals surface area contributed by atoms with Gasteiger partial charge in [0.05, 0.1) is 0 Å². The van der Waals surface area contributed by atoms with Gasteiger partial charge in [0, 0.05) is 23.8 Å². The van der Waals surface area contributed by atoms with Crippen molar-refractivity contribution in [2.24, 2.45) is 5.92 Å². The molecule has 1 saturated carbocycles. The molecule has 0 aliphatic heterocycles. The van der Waals surface area contributed by atoms with E-state index in [4.69, 9.17) is 17.3 Å². The van der Waals surface area contributed by atoms with Crippen molar-refractivity contribution in [1.82, 2.24) is 4.90 Å². The average molecular weight is 253 g/mol. The zero-order valence-electron chi connectivity index (χ0n) is 10.5. The number of nitrogens with zero attached hydrogens (tertiary/aromatic N) is 1. The second kappa shape index (κ2) is 5.74. The zero-order chi connectivity index (χ0) is 12.3. The molecule has 0 radical (unpaired) electrons. The lowest BCUT2D eigenvalue weighted by atomic mass is 10.1. The van der Waals surface area contributed by atoms with E-state index in [2.05, 4.69) is 11.8 Å². The number of anilines is 1. The van der Waals surface area contributed by atoms with Crippen molar-refractivity contribution < 1.29 is 0 Å². The molecule has 0 heterocycles. The van der Waals surface area contributed by atoms with E-state index < -0.39 is 0 Å². The topological polar surface area (TPSA) is 29.3 Å². The Balaban J connectivity index is 1.99. The van der Waals surface area contributed by atoms with Crippen molar-refractivity contribution in [1.29, 1.82) is 0 Å². The van der Waals surface area contributed by atoms with Crippen LogP contribution in [-0.4, -0.2) is 18.0 Å². The molecule has 1 aliphatic rings. The monoisotopic (exact) mass is 252 g/mol. The highest BCUT2D eigenvalue weighted by Crippen LogP contribution is 2.30. The van der Waals surface area contributed by atoms with Crippen LogP contribution in [0.15, 0.2) is 18.2 Å². The minimum absolute atomic E-state index is 0.739. The second-order valence-corrected chi connectivity index (χ2v) is 5.51. The SMILES string of the molecule is CCCN(Cc1cc(N)cc(Cl)c1)CC1CC1. The highest BCUT2D eigenvalue weighted by Gasteiger charge is 2.23. The molecule has 1 fully saturated rings. The molecule has 1 aliphatic carbocycles. The largest absolute Gasteiger partial charge is 0.399 e. The summed E-state index contributed by atoms with van der Waals surface area (Å²) in [6, 6.07) is 5.85. The fourth-order valence-corrected chi connectivity index (χ4v) is 2.51. The first-order valence-corrected chi connectivity index (χ1v) is 6.82. The van der Waals surface area contributed by atoms with Crippen LogP contribution in [0.5, 0.6) is 0 Å². The Bertz CT molecular complexity index is 354. The van der Waals surface area contributed by atoms with E-state index in [-0.39, 0.29) is 0 Å². The second-order valence-electron chi connectivity index (χ2n) is 5.07. The zero-order valence-corrected chi connectivity index (χ0v) is 11.2. The summed E-state index contributed by atoms with van der Waals surface area (Å²) in [6.45, 7) is 5.57. The summed E-state index contributed by atoms with van der Waals surface area (Å²) >= 11 is 6.03. The fourth-order valence-electron chi connectivity index (χ4n) is 2.24. The molecule has 0 atom stereocenters. The Hall–Kier alpha value is -0.730. The van der Waals surface area contributed by atoms with Gasteiger partial charge in [0.1, 0.15) is 0 Å². The van der Waals surface area contributed by atoms with Gasteiger partial charge in [0.15, 0.2) is 0 Å². The Morgan fingerprint density at radius 2 is 2.12 bits per heavy atom. The van der Waals surface area contributed by atoms with Crippen molar-refractivity contribution >= 4 is 17.3 Å². The van der Waals surface area contributed by atoms with E-state index in [0.717, 1.165) is 29.7 Å². The van der Waals surface area contributed by atoms with Crippen molar-refractivity contribution in [3.63, 3.8) is 0 Å². The normalized spacial score (nSPS) is 15.5. The predicted molar refractivity (Wildman–Crippen MR) is 74.2 cm³/mol. The van der Waals surface area contributed by atoms with Crippen LogP contribution in [0.25, 0.3) is 0 Å². The van der Waals surface area contributed by atoms with E-state index in [1.54, 1.807) is 6.07 Å². The van der Waals surface area contributed by atoms with E-state index in [0.29, 0.717) is 0 Å². The quantitative estimate of drug-likeness (QED) is 0.785. The Morgan fingerprint density at radius 1 is 1.35 bits per heavy atom. The van der Waals surface area contributed by atoms with Gasteiger partial charge >= 0.3 is 0 Å². The molecule has 2 N–H and O–H groups in total. The Kier molecular flexibility index (Phi) is 4.30. The molecule has 3 heteroatoms. The van der Waals surface area contributed by atoms with Crippen LogP contribution in [0, 0.1) is 5.92 Å². The smallest absolute Gasteiger partial charge is 0.0429 e. The van der Waals surface area contributed by atoms with Crippen molar-refractivity contribution in [2.75, 3.05) is 18.8 Å². The molecule has 94 valence electrons. The van der Waals surface area contributed by atoms with Crippen molar-refractivity contribution in [3.05, 3.63) is 28.8 Å². The lowest BCUT2D eigenvalue weighted by molar-refractivity contribution is 0.255. The molecule has 0 aromatic heterocycles. The van der Waals surface area contributed by atoms with Crippen LogP contribution in [0.1, 0.15) is 31.7 Å². The van der Waals surface area contributed by atoms with Crippen LogP contribution in [0.2, 0.25) is 5.02 Å². The lowest BCUT2D eigenvalue weighted by Gasteiger charge is -2.21. The number of halogens is 1. The van der Waals surface area contributed by atoms with Gasteiger partial charge in [-0.15, -0.1) is 0 Å². The summed E-state index contributed by atoms with van der Waals surface area (Å²) in [6.07, 6.45) is 4.00. The number of hydrogen-bond acceptors (Lipinski definition) is 2. The predicted octanol–water partition coefficient (Wildman–Crippen LogP) is 3.54. The summed E-state index contributed by atoms with van der Waals surface area (Å²) in [5.41, 5.74) is 7.81. The molecule has 1 aromatic carbocycles.